The van der Waals surface area contributed by atoms with E-state index in [2.05, 4.69) is 29.1 Å². The van der Waals surface area contributed by atoms with Crippen LogP contribution in [0.5, 0.6) is 0 Å². The first-order valence-corrected chi connectivity index (χ1v) is 8.42. The Morgan fingerprint density at radius 2 is 2.05 bits per heavy atom. The van der Waals surface area contributed by atoms with Gasteiger partial charge in [0.2, 0.25) is 5.91 Å². The van der Waals surface area contributed by atoms with Gasteiger partial charge in [0.15, 0.2) is 0 Å². The zero-order chi connectivity index (χ0) is 14.4. The molecule has 4 nitrogen and oxygen atoms in total. The van der Waals surface area contributed by atoms with E-state index in [1.165, 1.54) is 38.5 Å². The molecule has 2 unspecified atom stereocenters. The molecule has 0 aromatic heterocycles. The van der Waals surface area contributed by atoms with Gasteiger partial charge in [0.05, 0.1) is 6.54 Å². The number of likely N-dealkylation sites (tertiary alicyclic amines) is 1. The van der Waals surface area contributed by atoms with Gasteiger partial charge in [-0.15, -0.1) is 0 Å². The molecule has 0 spiro atoms. The van der Waals surface area contributed by atoms with E-state index in [1.807, 2.05) is 0 Å². The van der Waals surface area contributed by atoms with Crippen molar-refractivity contribution in [2.45, 2.75) is 64.0 Å². The van der Waals surface area contributed by atoms with E-state index >= 15 is 0 Å². The fourth-order valence-electron chi connectivity index (χ4n) is 3.60. The van der Waals surface area contributed by atoms with Crippen molar-refractivity contribution in [1.82, 2.24) is 15.1 Å². The van der Waals surface area contributed by atoms with Gasteiger partial charge in [0.1, 0.15) is 0 Å². The summed E-state index contributed by atoms with van der Waals surface area (Å²) in [6.45, 7) is 5.88. The lowest BCUT2D eigenvalue weighted by Gasteiger charge is -2.36. The summed E-state index contributed by atoms with van der Waals surface area (Å²) in [5, 5.41) is 3.56. The van der Waals surface area contributed by atoms with Gasteiger partial charge in [-0.3, -0.25) is 9.69 Å². The van der Waals surface area contributed by atoms with E-state index in [0.717, 1.165) is 26.1 Å². The Hall–Kier alpha value is -0.610. The number of piperidine rings is 2. The number of hydrogen-bond donors (Lipinski definition) is 1. The number of carbonyl (C=O) groups excluding carboxylic acids is 1. The van der Waals surface area contributed by atoms with Crippen LogP contribution in [0.25, 0.3) is 0 Å². The zero-order valence-electron chi connectivity index (χ0n) is 13.2. The van der Waals surface area contributed by atoms with Gasteiger partial charge in [-0.2, -0.15) is 0 Å². The largest absolute Gasteiger partial charge is 0.339 e. The summed E-state index contributed by atoms with van der Waals surface area (Å²) in [6.07, 6.45) is 8.62. The van der Waals surface area contributed by atoms with Crippen LogP contribution in [-0.2, 0) is 4.79 Å². The predicted molar refractivity (Wildman–Crippen MR) is 82.8 cm³/mol. The molecule has 2 aliphatic heterocycles. The smallest absolute Gasteiger partial charge is 0.236 e. The summed E-state index contributed by atoms with van der Waals surface area (Å²) in [5.74, 6) is 0.329. The molecule has 0 aromatic carbocycles. The number of carbonyl (C=O) groups is 1. The van der Waals surface area contributed by atoms with E-state index in [4.69, 9.17) is 0 Å². The van der Waals surface area contributed by atoms with E-state index in [9.17, 15) is 4.79 Å². The molecule has 0 bridgehead atoms. The summed E-state index contributed by atoms with van der Waals surface area (Å²) in [6, 6.07) is 1.06. The van der Waals surface area contributed by atoms with Crippen molar-refractivity contribution in [3.8, 4) is 0 Å². The molecular weight excluding hydrogens is 250 g/mol. The molecule has 2 saturated heterocycles. The molecule has 2 aliphatic rings. The fourth-order valence-corrected chi connectivity index (χ4v) is 3.60. The highest BCUT2D eigenvalue weighted by Gasteiger charge is 2.26. The molecule has 116 valence electrons. The highest BCUT2D eigenvalue weighted by Crippen LogP contribution is 2.19. The van der Waals surface area contributed by atoms with Crippen LogP contribution in [-0.4, -0.2) is 61.0 Å². The van der Waals surface area contributed by atoms with E-state index in [0.29, 0.717) is 24.5 Å². The quantitative estimate of drug-likeness (QED) is 0.835. The van der Waals surface area contributed by atoms with Gasteiger partial charge in [-0.25, -0.2) is 0 Å². The fraction of sp³-hybridized carbons (Fsp3) is 0.938. The Morgan fingerprint density at radius 1 is 1.25 bits per heavy atom. The average molecular weight is 281 g/mol. The topological polar surface area (TPSA) is 35.6 Å². The minimum atomic E-state index is 0.329. The molecule has 1 N–H and O–H groups in total. The second kappa shape index (κ2) is 7.99. The summed E-state index contributed by atoms with van der Waals surface area (Å²) < 4.78 is 0. The van der Waals surface area contributed by atoms with Crippen molar-refractivity contribution in [1.29, 1.82) is 0 Å². The van der Waals surface area contributed by atoms with E-state index in [-0.39, 0.29) is 0 Å². The minimum Gasteiger partial charge on any atom is -0.339 e. The van der Waals surface area contributed by atoms with Crippen molar-refractivity contribution in [3.63, 3.8) is 0 Å². The third-order valence-electron chi connectivity index (χ3n) is 4.77. The third kappa shape index (κ3) is 4.45. The second-order valence-corrected chi connectivity index (χ2v) is 6.49. The van der Waals surface area contributed by atoms with Crippen LogP contribution >= 0.6 is 0 Å². The predicted octanol–water partition coefficient (Wildman–Crippen LogP) is 1.85. The molecular formula is C16H31N3O. The lowest BCUT2D eigenvalue weighted by molar-refractivity contribution is -0.135. The second-order valence-electron chi connectivity index (χ2n) is 6.49. The molecule has 20 heavy (non-hydrogen) atoms. The van der Waals surface area contributed by atoms with E-state index in [1.54, 1.807) is 0 Å². The Morgan fingerprint density at radius 3 is 2.75 bits per heavy atom. The lowest BCUT2D eigenvalue weighted by atomic mass is 10.00. The maximum atomic E-state index is 12.5. The summed E-state index contributed by atoms with van der Waals surface area (Å²) in [7, 11) is 2.08. The molecule has 2 fully saturated rings. The lowest BCUT2D eigenvalue weighted by Crippen LogP contribution is -2.49. The number of likely N-dealkylation sites (N-methyl/N-ethyl adjacent to an activating group) is 1. The van der Waals surface area contributed by atoms with Crippen LogP contribution in [0.2, 0.25) is 0 Å². The van der Waals surface area contributed by atoms with Crippen LogP contribution in [0.1, 0.15) is 51.9 Å². The monoisotopic (exact) mass is 281 g/mol. The van der Waals surface area contributed by atoms with Crippen LogP contribution in [0.3, 0.4) is 0 Å². The van der Waals surface area contributed by atoms with Crippen LogP contribution in [0.15, 0.2) is 0 Å². The summed E-state index contributed by atoms with van der Waals surface area (Å²) in [4.78, 5) is 16.8. The highest BCUT2D eigenvalue weighted by molar-refractivity contribution is 5.78. The summed E-state index contributed by atoms with van der Waals surface area (Å²) >= 11 is 0. The van der Waals surface area contributed by atoms with Gasteiger partial charge in [-0.05, 0) is 52.1 Å². The summed E-state index contributed by atoms with van der Waals surface area (Å²) in [5.41, 5.74) is 0. The Balaban J connectivity index is 1.77. The number of rotatable bonds is 5. The van der Waals surface area contributed by atoms with E-state index < -0.39 is 0 Å². The molecule has 2 rings (SSSR count). The molecule has 0 saturated carbocycles. The molecule has 1 amide bonds. The van der Waals surface area contributed by atoms with Crippen molar-refractivity contribution in [3.05, 3.63) is 0 Å². The number of amides is 1. The van der Waals surface area contributed by atoms with Gasteiger partial charge in [-0.1, -0.05) is 13.3 Å². The standard InChI is InChI=1S/C16H31N3O/c1-3-15-9-5-7-11-19(15)16(20)13-18(2)12-14-8-4-6-10-17-14/h14-15,17H,3-13H2,1-2H3. The van der Waals surface area contributed by atoms with Crippen molar-refractivity contribution in [2.24, 2.45) is 0 Å². The Kier molecular flexibility index (Phi) is 6.30. The number of nitrogens with one attached hydrogen (secondary N) is 1. The molecule has 2 heterocycles. The van der Waals surface area contributed by atoms with Gasteiger partial charge in [0.25, 0.3) is 0 Å². The molecule has 2 atom stereocenters. The van der Waals surface area contributed by atoms with Crippen LogP contribution < -0.4 is 5.32 Å². The Labute approximate surface area is 123 Å². The maximum absolute atomic E-state index is 12.5. The minimum absolute atomic E-state index is 0.329. The maximum Gasteiger partial charge on any atom is 0.236 e. The van der Waals surface area contributed by atoms with Crippen LogP contribution in [0.4, 0.5) is 0 Å². The first-order chi connectivity index (χ1) is 9.70. The van der Waals surface area contributed by atoms with Gasteiger partial charge < -0.3 is 10.2 Å². The Bertz CT molecular complexity index is 302. The zero-order valence-corrected chi connectivity index (χ0v) is 13.2. The van der Waals surface area contributed by atoms with Crippen molar-refractivity contribution >= 4 is 5.91 Å². The van der Waals surface area contributed by atoms with Gasteiger partial charge >= 0.3 is 0 Å². The van der Waals surface area contributed by atoms with Crippen LogP contribution in [0, 0.1) is 0 Å². The highest BCUT2D eigenvalue weighted by atomic mass is 16.2. The number of nitrogens with zero attached hydrogens (tertiary/aromatic N) is 2. The number of hydrogen-bond acceptors (Lipinski definition) is 3. The molecule has 0 aromatic rings. The average Bonchev–Trinajstić information content (AvgIpc) is 2.48. The van der Waals surface area contributed by atoms with Gasteiger partial charge in [0, 0.05) is 25.2 Å². The first-order valence-electron chi connectivity index (χ1n) is 8.42. The third-order valence-corrected chi connectivity index (χ3v) is 4.77. The SMILES string of the molecule is CCC1CCCCN1C(=O)CN(C)CC1CCCCN1. The molecule has 0 aliphatic carbocycles. The molecule has 0 radical (unpaired) electrons. The normalized spacial score (nSPS) is 27.9. The van der Waals surface area contributed by atoms with Crippen molar-refractivity contribution < 1.29 is 4.79 Å². The first kappa shape index (κ1) is 15.8. The molecule has 4 heteroatoms. The van der Waals surface area contributed by atoms with Crippen molar-refractivity contribution in [2.75, 3.05) is 33.2 Å².